The van der Waals surface area contributed by atoms with E-state index in [0.717, 1.165) is 11.1 Å². The molecule has 266 valence electrons. The second kappa shape index (κ2) is 11.0. The van der Waals surface area contributed by atoms with Crippen molar-refractivity contribution in [3.8, 4) is 0 Å². The number of alkyl halides is 3. The van der Waals surface area contributed by atoms with Gasteiger partial charge in [0.25, 0.3) is 0 Å². The Balaban J connectivity index is 1.41. The fraction of sp³-hybridized carbons (Fsp3) is 0.220. The van der Waals surface area contributed by atoms with Crippen molar-refractivity contribution in [1.82, 2.24) is 7.10 Å². The normalized spacial score (nSPS) is 28.8. The number of fused-ring (bicyclic) bond motifs is 12. The first-order valence-corrected chi connectivity index (χ1v) is 20.4. The molecule has 0 saturated heterocycles. The third-order valence-corrected chi connectivity index (χ3v) is 13.5. The zero-order chi connectivity index (χ0) is 37.5. The number of rotatable bonds is 0. The van der Waals surface area contributed by atoms with Gasteiger partial charge in [-0.1, -0.05) is 74.6 Å². The molecule has 2 aromatic heterocycles. The standard InChI is InChI=1S/C41H31F3N8.Al.ClH/c1-38(2)14-6-22-23(7-15-38)31-45-30(22)46-32-24-8-16-39(3,42)18-10-26(24)34(48-32)50-36-28-12-20-41(5,44)21-13-29(28)37(52-36)51-35-27-11-19-40(4,43)17-9-25(27)33(47-31)49-35;;/h6-21H,1-5H3;;1H/q-2;+3;/p-1. The van der Waals surface area contributed by atoms with Crippen molar-refractivity contribution in [2.75, 3.05) is 0 Å². The van der Waals surface area contributed by atoms with E-state index < -0.39 is 30.7 Å². The van der Waals surface area contributed by atoms with Crippen molar-refractivity contribution in [2.45, 2.75) is 51.6 Å². The molecule has 0 amide bonds. The van der Waals surface area contributed by atoms with E-state index in [1.165, 1.54) is 57.2 Å². The molecule has 0 aromatic carbocycles. The monoisotopic (exact) mass is 754 g/mol. The van der Waals surface area contributed by atoms with Gasteiger partial charge in [-0.05, 0) is 57.2 Å². The van der Waals surface area contributed by atoms with Gasteiger partial charge in [0.1, 0.15) is 39.6 Å². The molecule has 0 radical (unpaired) electrons. The van der Waals surface area contributed by atoms with Crippen LogP contribution in [0.15, 0.2) is 125 Å². The van der Waals surface area contributed by atoms with E-state index in [9.17, 15) is 0 Å². The van der Waals surface area contributed by atoms with Crippen molar-refractivity contribution in [2.24, 2.45) is 35.4 Å². The molecule has 10 rings (SSSR count). The molecule has 13 heteroatoms. The molecule has 6 heterocycles. The first-order valence-electron chi connectivity index (χ1n) is 17.7. The second-order valence-electron chi connectivity index (χ2n) is 15.6. The summed E-state index contributed by atoms with van der Waals surface area (Å²) in [7, 11) is 7.88. The van der Waals surface area contributed by atoms with E-state index in [1.807, 2.05) is 19.3 Å². The molecule has 3 atom stereocenters. The molecule has 2 aromatic rings. The molecule has 0 spiro atoms. The summed E-state index contributed by atoms with van der Waals surface area (Å²) >= 11 is -3.12. The lowest BCUT2D eigenvalue weighted by Gasteiger charge is -2.16. The second-order valence-corrected chi connectivity index (χ2v) is 18.4. The predicted octanol–water partition coefficient (Wildman–Crippen LogP) is 8.20. The first-order chi connectivity index (χ1) is 25.6. The minimum Gasteiger partial charge on any atom is -0.370 e. The number of halogens is 4. The molecular weight excluding hydrogens is 724 g/mol. The Kier molecular flexibility index (Phi) is 6.79. The Labute approximate surface area is 317 Å². The highest BCUT2D eigenvalue weighted by Crippen LogP contribution is 2.44. The number of aliphatic imine (C=N–C) groups is 4. The fourth-order valence-corrected chi connectivity index (χ4v) is 10.4. The lowest BCUT2D eigenvalue weighted by molar-refractivity contribution is 0.328. The Hall–Kier alpha value is -5.15. The lowest BCUT2D eigenvalue weighted by atomic mass is 9.93. The highest BCUT2D eigenvalue weighted by atomic mass is 35.6. The number of hydrogen-bond acceptors (Lipinski definition) is 6. The van der Waals surface area contributed by atoms with E-state index in [4.69, 9.17) is 40.0 Å². The first kappa shape index (κ1) is 33.4. The summed E-state index contributed by atoms with van der Waals surface area (Å²) in [5.41, 5.74) is 0.289. The van der Waals surface area contributed by atoms with Crippen LogP contribution in [0.25, 0.3) is 24.3 Å². The summed E-state index contributed by atoms with van der Waals surface area (Å²) in [5.74, 6) is 2.20. The predicted molar refractivity (Wildman–Crippen MR) is 212 cm³/mol. The molecule has 0 fully saturated rings. The summed E-state index contributed by atoms with van der Waals surface area (Å²) in [5, 5.41) is 0. The van der Waals surface area contributed by atoms with Gasteiger partial charge in [0.05, 0.1) is 0 Å². The minimum atomic E-state index is -3.12. The van der Waals surface area contributed by atoms with Crippen LogP contribution in [0, 0.1) is 5.41 Å². The molecule has 4 aliphatic carbocycles. The Morgan fingerprint density at radius 1 is 0.444 bits per heavy atom. The smallest absolute Gasteiger partial charge is 0.370 e. The summed E-state index contributed by atoms with van der Waals surface area (Å²) < 4.78 is 50.7. The summed E-state index contributed by atoms with van der Waals surface area (Å²) in [6.45, 7) is 8.62. The number of amidine groups is 4. The van der Waals surface area contributed by atoms with E-state index in [1.54, 1.807) is 36.5 Å². The molecule has 0 saturated carbocycles. The van der Waals surface area contributed by atoms with Crippen LogP contribution in [-0.2, 0) is 0 Å². The van der Waals surface area contributed by atoms with Crippen molar-refractivity contribution in [3.05, 3.63) is 128 Å². The van der Waals surface area contributed by atoms with Crippen LogP contribution >= 0.6 is 10.0 Å². The highest BCUT2D eigenvalue weighted by Gasteiger charge is 2.41. The van der Waals surface area contributed by atoms with E-state index >= 15 is 13.2 Å². The van der Waals surface area contributed by atoms with Gasteiger partial charge in [0, 0.05) is 50.0 Å². The maximum atomic E-state index is 15.7. The zero-order valence-electron chi connectivity index (χ0n) is 29.9. The summed E-state index contributed by atoms with van der Waals surface area (Å²) in [6.07, 6.45) is 27.2. The van der Waals surface area contributed by atoms with Crippen molar-refractivity contribution < 1.29 is 13.2 Å². The van der Waals surface area contributed by atoms with E-state index in [0.29, 0.717) is 67.7 Å². The van der Waals surface area contributed by atoms with Gasteiger partial charge in [0.15, 0.2) is 23.3 Å². The Bertz CT molecular complexity index is 2600. The topological polar surface area (TPSA) is 84.0 Å². The molecule has 8 nitrogen and oxygen atoms in total. The van der Waals surface area contributed by atoms with E-state index in [-0.39, 0.29) is 17.1 Å². The number of allylic oxidation sites excluding steroid dienone is 8. The number of hydrogen-bond donors (Lipinski definition) is 0. The summed E-state index contributed by atoms with van der Waals surface area (Å²) in [6, 6.07) is 0. The maximum absolute atomic E-state index is 15.7. The van der Waals surface area contributed by atoms with Crippen LogP contribution < -0.4 is 11.0 Å². The summed E-state index contributed by atoms with van der Waals surface area (Å²) in [4.78, 5) is 30.8. The van der Waals surface area contributed by atoms with Crippen molar-refractivity contribution in [3.63, 3.8) is 0 Å². The quantitative estimate of drug-likeness (QED) is 0.243. The van der Waals surface area contributed by atoms with Crippen LogP contribution in [0.1, 0.15) is 56.9 Å². The molecule has 8 aliphatic rings. The minimum absolute atomic E-state index is 0.265. The highest BCUT2D eigenvalue weighted by molar-refractivity contribution is 7.05. The third-order valence-electron chi connectivity index (χ3n) is 10.5. The number of nitrogens with zero attached hydrogens (tertiary/aromatic N) is 8. The number of aromatic nitrogens is 2. The average molecular weight is 755 g/mol. The molecule has 54 heavy (non-hydrogen) atoms. The molecule has 3 unspecified atom stereocenters. The Morgan fingerprint density at radius 2 is 0.778 bits per heavy atom. The van der Waals surface area contributed by atoms with Gasteiger partial charge < -0.3 is 7.10 Å². The molecule has 0 N–H and O–H groups in total. The Morgan fingerprint density at radius 3 is 1.19 bits per heavy atom. The van der Waals surface area contributed by atoms with Crippen molar-refractivity contribution >= 4 is 83.0 Å². The van der Waals surface area contributed by atoms with Gasteiger partial charge >= 0.3 is 13.7 Å². The van der Waals surface area contributed by atoms with Crippen LogP contribution in [0.2, 0.25) is 0 Å². The van der Waals surface area contributed by atoms with Crippen LogP contribution in [-0.4, -0.2) is 61.1 Å². The van der Waals surface area contributed by atoms with E-state index in [2.05, 4.69) is 26.0 Å². The van der Waals surface area contributed by atoms with Gasteiger partial charge in [0.2, 0.25) is 0 Å². The fourth-order valence-electron chi connectivity index (χ4n) is 7.45. The average Bonchev–Trinajstić information content (AvgIpc) is 3.61. The molecule has 6 bridgehead atoms. The molecule has 4 aliphatic heterocycles. The zero-order valence-corrected chi connectivity index (χ0v) is 31.8. The van der Waals surface area contributed by atoms with Gasteiger partial charge in [-0.15, -0.1) is 0 Å². The maximum Gasteiger partial charge on any atom is 0.722 e. The van der Waals surface area contributed by atoms with Crippen molar-refractivity contribution in [1.29, 1.82) is 0 Å². The third kappa shape index (κ3) is 5.11. The van der Waals surface area contributed by atoms with Gasteiger partial charge in [-0.3, -0.25) is 0 Å². The lowest BCUT2D eigenvalue weighted by Crippen LogP contribution is -2.44. The molecular formula is C41H31AlClF3N8. The largest absolute Gasteiger partial charge is 0.722 e. The SMILES string of the molecule is CC1(C)C=CC2=C(C=C1)C1=Nc3c4c(c5[n]3[Al]([Cl])[n]3c(c6c(c3=NC3=NC(=N5)C5=C3C=CC(C)(F)C=C5)C=CC(C)(F)C=C6)=NC2=N1)C=CC(C)(F)C=C4. The van der Waals surface area contributed by atoms with Crippen LogP contribution in [0.4, 0.5) is 24.8 Å². The van der Waals surface area contributed by atoms with Crippen LogP contribution in [0.3, 0.4) is 0 Å². The van der Waals surface area contributed by atoms with Crippen LogP contribution in [0.5, 0.6) is 0 Å². The van der Waals surface area contributed by atoms with Gasteiger partial charge in [-0.25, -0.2) is 43.1 Å². The van der Waals surface area contributed by atoms with Gasteiger partial charge in [-0.2, -0.15) is 10.0 Å².